The fourth-order valence-corrected chi connectivity index (χ4v) is 0.342. The summed E-state index contributed by atoms with van der Waals surface area (Å²) < 4.78 is 4.59. The Labute approximate surface area is 55.9 Å². The lowest BCUT2D eigenvalue weighted by molar-refractivity contribution is 0.414. The van der Waals surface area contributed by atoms with Crippen LogP contribution >= 0.6 is 0 Å². The Balaban J connectivity index is 0.000000291. The van der Waals surface area contributed by atoms with Gasteiger partial charge in [-0.15, -0.1) is 0 Å². The van der Waals surface area contributed by atoms with Crippen molar-refractivity contribution in [2.24, 2.45) is 0 Å². The maximum atomic E-state index is 4.59. The highest BCUT2D eigenvalue weighted by Gasteiger charge is 1.90. The molecule has 2 heteroatoms. The van der Waals surface area contributed by atoms with Crippen LogP contribution in [0.4, 0.5) is 0 Å². The smallest absolute Gasteiger partial charge is 0.126 e. The normalized spacial score (nSPS) is 8.00. The predicted molar refractivity (Wildman–Crippen MR) is 37.3 cm³/mol. The summed E-state index contributed by atoms with van der Waals surface area (Å²) in [6.07, 6.45) is 1.63. The van der Waals surface area contributed by atoms with E-state index in [4.69, 9.17) is 0 Å². The minimum atomic E-state index is 0.972. The third-order valence-electron chi connectivity index (χ3n) is 0.990. The fourth-order valence-electron chi connectivity index (χ4n) is 0.342. The first-order valence-corrected chi connectivity index (χ1v) is 3.18. The zero-order valence-corrected chi connectivity index (χ0v) is 6.43. The quantitative estimate of drug-likeness (QED) is 0.534. The van der Waals surface area contributed by atoms with Crippen molar-refractivity contribution >= 4 is 0 Å². The van der Waals surface area contributed by atoms with Crippen molar-refractivity contribution in [1.29, 1.82) is 0 Å². The van der Waals surface area contributed by atoms with Crippen LogP contribution in [0.5, 0.6) is 0 Å². The van der Waals surface area contributed by atoms with E-state index in [9.17, 15) is 0 Å². The van der Waals surface area contributed by atoms with E-state index in [0.29, 0.717) is 0 Å². The second-order valence-electron chi connectivity index (χ2n) is 1.58. The highest BCUT2D eigenvalue weighted by Crippen LogP contribution is 1.99. The molecule has 0 atom stereocenters. The Morgan fingerprint density at radius 1 is 1.33 bits per heavy atom. The Morgan fingerprint density at radius 3 is 2.00 bits per heavy atom. The summed E-state index contributed by atoms with van der Waals surface area (Å²) in [6.45, 7) is 7.88. The van der Waals surface area contributed by atoms with E-state index in [1.165, 1.54) is 0 Å². The lowest BCUT2D eigenvalue weighted by Gasteiger charge is -1.74. The number of aryl methyl sites for hydroxylation is 2. The molecule has 0 amide bonds. The molecule has 0 bridgehead atoms. The van der Waals surface area contributed by atoms with Crippen LogP contribution in [0.25, 0.3) is 0 Å². The van der Waals surface area contributed by atoms with Gasteiger partial charge in [0.25, 0.3) is 0 Å². The molecule has 1 rings (SSSR count). The molecule has 0 radical (unpaired) electrons. The molecule has 0 spiro atoms. The fraction of sp³-hybridized carbons (Fsp3) is 0.571. The number of hydrogen-bond donors (Lipinski definition) is 0. The van der Waals surface area contributed by atoms with Gasteiger partial charge in [-0.1, -0.05) is 19.0 Å². The first-order valence-electron chi connectivity index (χ1n) is 3.18. The van der Waals surface area contributed by atoms with Crippen molar-refractivity contribution in [3.63, 3.8) is 0 Å². The molecule has 0 aliphatic rings. The van der Waals surface area contributed by atoms with Crippen molar-refractivity contribution < 1.29 is 4.52 Å². The standard InChI is InChI=1S/C5H7NO.C2H6/c1-4-3-7-6-5(4)2;1-2/h3H,1-2H3;1-2H3. The largest absolute Gasteiger partial charge is 0.364 e. The molecular formula is C7H13NO. The van der Waals surface area contributed by atoms with Crippen LogP contribution < -0.4 is 0 Å². The maximum absolute atomic E-state index is 4.59. The van der Waals surface area contributed by atoms with Crippen LogP contribution in [-0.4, -0.2) is 5.16 Å². The van der Waals surface area contributed by atoms with Gasteiger partial charge in [-0.05, 0) is 13.8 Å². The summed E-state index contributed by atoms with van der Waals surface area (Å²) in [6, 6.07) is 0. The molecule has 0 N–H and O–H groups in total. The minimum absolute atomic E-state index is 0.972. The summed E-state index contributed by atoms with van der Waals surface area (Å²) >= 11 is 0. The van der Waals surface area contributed by atoms with Gasteiger partial charge in [0.2, 0.25) is 0 Å². The molecule has 0 fully saturated rings. The van der Waals surface area contributed by atoms with Gasteiger partial charge >= 0.3 is 0 Å². The monoisotopic (exact) mass is 127 g/mol. The number of hydrogen-bond acceptors (Lipinski definition) is 2. The highest BCUT2D eigenvalue weighted by molar-refractivity contribution is 5.08. The Bertz CT molecular complexity index is 141. The molecule has 0 aliphatic heterocycles. The molecule has 2 nitrogen and oxygen atoms in total. The summed E-state index contributed by atoms with van der Waals surface area (Å²) in [5.41, 5.74) is 2.08. The third-order valence-corrected chi connectivity index (χ3v) is 0.990. The molecular weight excluding hydrogens is 114 g/mol. The van der Waals surface area contributed by atoms with Crippen LogP contribution in [-0.2, 0) is 0 Å². The first-order chi connectivity index (χ1) is 4.30. The van der Waals surface area contributed by atoms with Crippen molar-refractivity contribution in [2.75, 3.05) is 0 Å². The van der Waals surface area contributed by atoms with Crippen LogP contribution in [0.1, 0.15) is 25.1 Å². The van der Waals surface area contributed by atoms with Gasteiger partial charge in [-0.3, -0.25) is 0 Å². The van der Waals surface area contributed by atoms with Crippen molar-refractivity contribution in [3.8, 4) is 0 Å². The molecule has 52 valence electrons. The number of nitrogens with zero attached hydrogens (tertiary/aromatic N) is 1. The molecule has 0 unspecified atom stereocenters. The van der Waals surface area contributed by atoms with Crippen LogP contribution in [0, 0.1) is 13.8 Å². The van der Waals surface area contributed by atoms with Crippen LogP contribution in [0.15, 0.2) is 10.8 Å². The topological polar surface area (TPSA) is 26.0 Å². The summed E-state index contributed by atoms with van der Waals surface area (Å²) in [5, 5.41) is 3.64. The second kappa shape index (κ2) is 4.13. The third kappa shape index (κ3) is 2.31. The van der Waals surface area contributed by atoms with Gasteiger partial charge in [-0.2, -0.15) is 0 Å². The van der Waals surface area contributed by atoms with E-state index in [-0.39, 0.29) is 0 Å². The Hall–Kier alpha value is -0.790. The second-order valence-corrected chi connectivity index (χ2v) is 1.58. The molecule has 0 saturated heterocycles. The zero-order valence-electron chi connectivity index (χ0n) is 6.43. The summed E-state index contributed by atoms with van der Waals surface area (Å²) in [5.74, 6) is 0. The average Bonchev–Trinajstić information content (AvgIpc) is 2.23. The molecule has 1 aromatic rings. The summed E-state index contributed by atoms with van der Waals surface area (Å²) in [7, 11) is 0. The van der Waals surface area contributed by atoms with E-state index in [0.717, 1.165) is 11.3 Å². The van der Waals surface area contributed by atoms with E-state index < -0.39 is 0 Å². The minimum Gasteiger partial charge on any atom is -0.364 e. The van der Waals surface area contributed by atoms with Gasteiger partial charge in [0.1, 0.15) is 6.26 Å². The SMILES string of the molecule is CC.Cc1conc1C. The Morgan fingerprint density at radius 2 is 1.89 bits per heavy atom. The molecule has 0 saturated carbocycles. The van der Waals surface area contributed by atoms with Gasteiger partial charge in [0, 0.05) is 5.56 Å². The summed E-state index contributed by atoms with van der Waals surface area (Å²) in [4.78, 5) is 0. The van der Waals surface area contributed by atoms with Crippen molar-refractivity contribution in [1.82, 2.24) is 5.16 Å². The lowest BCUT2D eigenvalue weighted by atomic mass is 10.3. The molecule has 0 aliphatic carbocycles. The first kappa shape index (κ1) is 8.21. The van der Waals surface area contributed by atoms with Crippen LogP contribution in [0.3, 0.4) is 0 Å². The van der Waals surface area contributed by atoms with Gasteiger partial charge < -0.3 is 4.52 Å². The van der Waals surface area contributed by atoms with Crippen LogP contribution in [0.2, 0.25) is 0 Å². The number of aromatic nitrogens is 1. The Kier molecular flexibility index (Phi) is 3.76. The predicted octanol–water partition coefficient (Wildman–Crippen LogP) is 2.32. The molecule has 1 aromatic heterocycles. The average molecular weight is 127 g/mol. The van der Waals surface area contributed by atoms with Gasteiger partial charge in [0.05, 0.1) is 5.69 Å². The molecule has 1 heterocycles. The van der Waals surface area contributed by atoms with E-state index >= 15 is 0 Å². The lowest BCUT2D eigenvalue weighted by Crippen LogP contribution is -1.69. The van der Waals surface area contributed by atoms with E-state index in [1.807, 2.05) is 27.7 Å². The van der Waals surface area contributed by atoms with E-state index in [2.05, 4.69) is 9.68 Å². The van der Waals surface area contributed by atoms with Crippen molar-refractivity contribution in [3.05, 3.63) is 17.5 Å². The highest BCUT2D eigenvalue weighted by atomic mass is 16.5. The van der Waals surface area contributed by atoms with Gasteiger partial charge in [-0.25, -0.2) is 0 Å². The van der Waals surface area contributed by atoms with Crippen molar-refractivity contribution in [2.45, 2.75) is 27.7 Å². The van der Waals surface area contributed by atoms with Gasteiger partial charge in [0.15, 0.2) is 0 Å². The molecule has 9 heavy (non-hydrogen) atoms. The van der Waals surface area contributed by atoms with E-state index in [1.54, 1.807) is 6.26 Å². The number of rotatable bonds is 0. The zero-order chi connectivity index (χ0) is 7.28. The maximum Gasteiger partial charge on any atom is 0.126 e. The molecule has 0 aromatic carbocycles.